The number of likely N-dealkylation sites (tertiary alicyclic amines) is 1. The Hall–Kier alpha value is -3.35. The first kappa shape index (κ1) is 23.4. The molecule has 1 saturated heterocycles. The molecule has 3 unspecified atom stereocenters. The fourth-order valence-corrected chi connectivity index (χ4v) is 5.66. The number of ether oxygens (including phenoxy) is 1. The van der Waals surface area contributed by atoms with Crippen LogP contribution < -0.4 is 5.32 Å². The van der Waals surface area contributed by atoms with E-state index in [4.69, 9.17) is 4.74 Å². The highest BCUT2D eigenvalue weighted by Crippen LogP contribution is 2.44. The van der Waals surface area contributed by atoms with E-state index in [0.29, 0.717) is 25.9 Å². The first-order valence-electron chi connectivity index (χ1n) is 12.7. The molecule has 1 saturated carbocycles. The smallest absolute Gasteiger partial charge is 0.407 e. The van der Waals surface area contributed by atoms with E-state index in [1.165, 1.54) is 11.1 Å². The number of alkyl carbamates (subject to hydrolysis) is 1. The Kier molecular flexibility index (Phi) is 6.75. The van der Waals surface area contributed by atoms with E-state index in [1.807, 2.05) is 24.3 Å². The van der Waals surface area contributed by atoms with Crippen LogP contribution in [0.2, 0.25) is 0 Å². The van der Waals surface area contributed by atoms with Crippen LogP contribution in [0.5, 0.6) is 0 Å². The molecule has 0 radical (unpaired) electrons. The fourth-order valence-electron chi connectivity index (χ4n) is 5.66. The Labute approximate surface area is 205 Å². The number of rotatable bonds is 6. The number of aliphatic carboxylic acids is 1. The Balaban J connectivity index is 1.12. The normalized spacial score (nSPS) is 23.4. The number of carbonyl (C=O) groups is 3. The number of carboxylic acid groups (broad SMARTS) is 1. The van der Waals surface area contributed by atoms with Crippen LogP contribution in [-0.2, 0) is 14.3 Å². The highest BCUT2D eigenvalue weighted by atomic mass is 16.5. The van der Waals surface area contributed by atoms with Gasteiger partial charge in [-0.2, -0.15) is 0 Å². The molecule has 1 aliphatic heterocycles. The van der Waals surface area contributed by atoms with Crippen molar-refractivity contribution >= 4 is 18.0 Å². The highest BCUT2D eigenvalue weighted by Gasteiger charge is 2.47. The summed E-state index contributed by atoms with van der Waals surface area (Å²) in [5.41, 5.74) is 4.69. The van der Waals surface area contributed by atoms with Gasteiger partial charge in [-0.25, -0.2) is 9.59 Å². The molecule has 0 spiro atoms. The summed E-state index contributed by atoms with van der Waals surface area (Å²) in [4.78, 5) is 38.8. The van der Waals surface area contributed by atoms with Gasteiger partial charge in [0.05, 0.1) is 0 Å². The maximum atomic E-state index is 13.0. The standard InChI is InChI=1S/C28H32N2O5/c31-26(30-14-8-2-1-3-13-25(30)27(32)33)23-15-18(23)16-29-28(34)35-17-24-21-11-6-4-9-19(21)20-10-5-7-12-22(20)24/h4-7,9-12,18,23-25H,1-3,8,13-17H2,(H,29,34)(H,32,33). The van der Waals surface area contributed by atoms with Crippen molar-refractivity contribution in [1.29, 1.82) is 0 Å². The van der Waals surface area contributed by atoms with Crippen LogP contribution in [0.4, 0.5) is 4.79 Å². The summed E-state index contributed by atoms with van der Waals surface area (Å²) in [5.74, 6) is -1.19. The Bertz CT molecular complexity index is 1070. The molecule has 2 amide bonds. The van der Waals surface area contributed by atoms with Crippen LogP contribution in [-0.4, -0.2) is 53.7 Å². The Morgan fingerprint density at radius 1 is 0.943 bits per heavy atom. The summed E-state index contributed by atoms with van der Waals surface area (Å²) in [6.07, 6.45) is 4.40. The van der Waals surface area contributed by atoms with E-state index >= 15 is 0 Å². The maximum Gasteiger partial charge on any atom is 0.407 e. The van der Waals surface area contributed by atoms with Gasteiger partial charge in [0.25, 0.3) is 0 Å². The van der Waals surface area contributed by atoms with Gasteiger partial charge in [0.2, 0.25) is 5.91 Å². The monoisotopic (exact) mass is 476 g/mol. The molecule has 3 atom stereocenters. The lowest BCUT2D eigenvalue weighted by molar-refractivity contribution is -0.151. The van der Waals surface area contributed by atoms with Crippen LogP contribution in [0, 0.1) is 11.8 Å². The van der Waals surface area contributed by atoms with Crippen LogP contribution in [0.25, 0.3) is 11.1 Å². The summed E-state index contributed by atoms with van der Waals surface area (Å²) in [7, 11) is 0. The summed E-state index contributed by atoms with van der Waals surface area (Å²) < 4.78 is 5.59. The molecule has 3 aliphatic rings. The average molecular weight is 477 g/mol. The molecule has 2 aliphatic carbocycles. The number of hydrogen-bond acceptors (Lipinski definition) is 4. The first-order chi connectivity index (χ1) is 17.0. The van der Waals surface area contributed by atoms with Gasteiger partial charge in [-0.15, -0.1) is 0 Å². The van der Waals surface area contributed by atoms with E-state index in [0.717, 1.165) is 36.8 Å². The topological polar surface area (TPSA) is 95.9 Å². The minimum Gasteiger partial charge on any atom is -0.480 e. The number of fused-ring (bicyclic) bond motifs is 3. The number of nitrogens with zero attached hydrogens (tertiary/aromatic N) is 1. The van der Waals surface area contributed by atoms with Crippen molar-refractivity contribution in [3.05, 3.63) is 59.7 Å². The average Bonchev–Trinajstić information content (AvgIpc) is 3.56. The van der Waals surface area contributed by atoms with Gasteiger partial charge >= 0.3 is 12.1 Å². The molecule has 7 heteroatoms. The molecule has 2 aromatic carbocycles. The van der Waals surface area contributed by atoms with Crippen LogP contribution in [0.3, 0.4) is 0 Å². The zero-order valence-electron chi connectivity index (χ0n) is 19.8. The van der Waals surface area contributed by atoms with Crippen molar-refractivity contribution in [3.63, 3.8) is 0 Å². The molecule has 2 fully saturated rings. The summed E-state index contributed by atoms with van der Waals surface area (Å²) in [5, 5.41) is 12.4. The van der Waals surface area contributed by atoms with Gasteiger partial charge in [0, 0.05) is 24.9 Å². The van der Waals surface area contributed by atoms with Gasteiger partial charge in [-0.1, -0.05) is 67.8 Å². The van der Waals surface area contributed by atoms with Crippen LogP contribution >= 0.6 is 0 Å². The Morgan fingerprint density at radius 3 is 2.29 bits per heavy atom. The predicted octanol–water partition coefficient (Wildman–Crippen LogP) is 4.41. The van der Waals surface area contributed by atoms with E-state index in [1.54, 1.807) is 4.90 Å². The van der Waals surface area contributed by atoms with Crippen LogP contribution in [0.15, 0.2) is 48.5 Å². The van der Waals surface area contributed by atoms with Gasteiger partial charge in [0.1, 0.15) is 12.6 Å². The maximum absolute atomic E-state index is 13.0. The zero-order chi connectivity index (χ0) is 24.4. The second kappa shape index (κ2) is 10.1. The quantitative estimate of drug-likeness (QED) is 0.644. The van der Waals surface area contributed by atoms with Crippen molar-refractivity contribution in [3.8, 4) is 11.1 Å². The molecule has 5 rings (SSSR count). The Morgan fingerprint density at radius 2 is 1.60 bits per heavy atom. The molecule has 2 N–H and O–H groups in total. The SMILES string of the molecule is O=C(NCC1CC1C(=O)N1CCCCCCC1C(=O)O)OCC1c2ccccc2-c2ccccc21. The molecular formula is C28H32N2O5. The lowest BCUT2D eigenvalue weighted by Gasteiger charge is -2.31. The van der Waals surface area contributed by atoms with E-state index in [2.05, 4.69) is 29.6 Å². The predicted molar refractivity (Wildman–Crippen MR) is 131 cm³/mol. The van der Waals surface area contributed by atoms with Crippen molar-refractivity contribution in [1.82, 2.24) is 10.2 Å². The molecule has 7 nitrogen and oxygen atoms in total. The third-order valence-corrected chi connectivity index (χ3v) is 7.66. The van der Waals surface area contributed by atoms with Crippen molar-refractivity contribution in [2.24, 2.45) is 11.8 Å². The minimum atomic E-state index is -0.922. The second-order valence-electron chi connectivity index (χ2n) is 9.90. The van der Waals surface area contributed by atoms with Crippen molar-refractivity contribution in [2.45, 2.75) is 50.5 Å². The third kappa shape index (κ3) is 4.90. The minimum absolute atomic E-state index is 0.00321. The highest BCUT2D eigenvalue weighted by molar-refractivity contribution is 5.87. The molecule has 1 heterocycles. The van der Waals surface area contributed by atoms with E-state index < -0.39 is 18.1 Å². The van der Waals surface area contributed by atoms with E-state index in [-0.39, 0.29) is 30.3 Å². The van der Waals surface area contributed by atoms with Gasteiger partial charge in [0.15, 0.2) is 0 Å². The summed E-state index contributed by atoms with van der Waals surface area (Å²) >= 11 is 0. The molecule has 2 aromatic rings. The van der Waals surface area contributed by atoms with Crippen molar-refractivity contribution in [2.75, 3.05) is 19.7 Å². The lowest BCUT2D eigenvalue weighted by atomic mass is 9.98. The molecule has 35 heavy (non-hydrogen) atoms. The zero-order valence-corrected chi connectivity index (χ0v) is 19.8. The summed E-state index contributed by atoms with van der Waals surface area (Å²) in [6, 6.07) is 15.7. The number of hydrogen-bond donors (Lipinski definition) is 2. The first-order valence-corrected chi connectivity index (χ1v) is 12.7. The van der Waals surface area contributed by atoms with Gasteiger partial charge in [-0.05, 0) is 47.4 Å². The summed E-state index contributed by atoms with van der Waals surface area (Å²) in [6.45, 7) is 1.11. The number of amides is 2. The lowest BCUT2D eigenvalue weighted by Crippen LogP contribution is -2.47. The molecular weight excluding hydrogens is 444 g/mol. The van der Waals surface area contributed by atoms with Gasteiger partial charge < -0.3 is 20.1 Å². The third-order valence-electron chi connectivity index (χ3n) is 7.66. The number of benzene rings is 2. The molecule has 0 aromatic heterocycles. The number of carboxylic acids is 1. The number of carbonyl (C=O) groups excluding carboxylic acids is 2. The number of nitrogens with one attached hydrogen (secondary N) is 1. The largest absolute Gasteiger partial charge is 0.480 e. The fraction of sp³-hybridized carbons (Fsp3) is 0.464. The van der Waals surface area contributed by atoms with Crippen molar-refractivity contribution < 1.29 is 24.2 Å². The second-order valence-corrected chi connectivity index (χ2v) is 9.90. The molecule has 0 bridgehead atoms. The van der Waals surface area contributed by atoms with Gasteiger partial charge in [-0.3, -0.25) is 4.79 Å². The van der Waals surface area contributed by atoms with E-state index in [9.17, 15) is 19.5 Å². The molecule has 184 valence electrons. The van der Waals surface area contributed by atoms with Crippen LogP contribution in [0.1, 0.15) is 55.6 Å².